The molecule has 1 fully saturated rings. The van der Waals surface area contributed by atoms with Crippen molar-refractivity contribution >= 4 is 0 Å². The van der Waals surface area contributed by atoms with E-state index < -0.39 is 0 Å². The largest absolute Gasteiger partial charge is 0.363 e. The number of hydrogen-bond donors (Lipinski definition) is 0. The molecule has 0 aromatic carbocycles. The van der Waals surface area contributed by atoms with Crippen LogP contribution in [0.4, 0.5) is 0 Å². The van der Waals surface area contributed by atoms with Crippen LogP contribution in [0.15, 0.2) is 0 Å². The molecular weight excluding hydrogens is 116 g/mol. The molecule has 1 aliphatic heterocycles. The third-order valence-electron chi connectivity index (χ3n) is 1.64. The Bertz CT molecular complexity index is 73.0. The van der Waals surface area contributed by atoms with E-state index in [0.717, 1.165) is 20.0 Å². The SMILES string of the molecule is C[O+]1CCCC[O+](C)C1. The summed E-state index contributed by atoms with van der Waals surface area (Å²) < 4.78 is 6.10. The van der Waals surface area contributed by atoms with E-state index in [1.807, 2.05) is 0 Å². The fraction of sp³-hybridized carbons (Fsp3) is 1.00. The third kappa shape index (κ3) is 2.33. The summed E-state index contributed by atoms with van der Waals surface area (Å²) in [6.07, 6.45) is 2.61. The van der Waals surface area contributed by atoms with Crippen LogP contribution in [0.25, 0.3) is 0 Å². The van der Waals surface area contributed by atoms with Crippen LogP contribution in [0.3, 0.4) is 0 Å². The topological polar surface area (TPSA) is 5.40 Å². The van der Waals surface area contributed by atoms with Gasteiger partial charge in [-0.1, -0.05) is 0 Å². The Morgan fingerprint density at radius 2 is 1.33 bits per heavy atom. The maximum atomic E-state index is 3.05. The molecular formula is C7H16O2+2. The highest BCUT2D eigenvalue weighted by Gasteiger charge is 2.15. The summed E-state index contributed by atoms with van der Waals surface area (Å²) in [7, 11) is 4.16. The molecule has 0 bridgehead atoms. The first-order chi connectivity index (χ1) is 4.29. The van der Waals surface area contributed by atoms with Gasteiger partial charge in [-0.3, -0.25) is 0 Å². The summed E-state index contributed by atoms with van der Waals surface area (Å²) in [5, 5.41) is 0. The van der Waals surface area contributed by atoms with Gasteiger partial charge in [0.15, 0.2) is 13.2 Å². The maximum Gasteiger partial charge on any atom is 0.351 e. The molecule has 1 saturated heterocycles. The molecule has 0 N–H and O–H groups in total. The molecule has 0 unspecified atom stereocenters. The van der Waals surface area contributed by atoms with Crippen molar-refractivity contribution in [3.05, 3.63) is 0 Å². The second-order valence-electron chi connectivity index (χ2n) is 2.80. The van der Waals surface area contributed by atoms with Gasteiger partial charge in [0.2, 0.25) is 0 Å². The molecule has 9 heavy (non-hydrogen) atoms. The van der Waals surface area contributed by atoms with Crippen molar-refractivity contribution in [1.29, 1.82) is 0 Å². The first-order valence-electron chi connectivity index (χ1n) is 3.47. The fourth-order valence-corrected chi connectivity index (χ4v) is 1.16. The summed E-state index contributed by atoms with van der Waals surface area (Å²) in [6, 6.07) is 0. The van der Waals surface area contributed by atoms with E-state index in [1.54, 1.807) is 0 Å². The normalized spacial score (nSPS) is 26.0. The molecule has 2 heteroatoms. The summed E-state index contributed by atoms with van der Waals surface area (Å²) in [5.41, 5.74) is 0. The minimum Gasteiger partial charge on any atom is -0.363 e. The zero-order valence-corrected chi connectivity index (χ0v) is 6.35. The molecule has 0 spiro atoms. The highest BCUT2D eigenvalue weighted by atomic mass is 16.8. The summed E-state index contributed by atoms with van der Waals surface area (Å²) >= 11 is 0. The lowest BCUT2D eigenvalue weighted by atomic mass is 10.3. The van der Waals surface area contributed by atoms with Crippen LogP contribution in [-0.4, -0.2) is 34.2 Å². The zero-order chi connectivity index (χ0) is 6.69. The monoisotopic (exact) mass is 132 g/mol. The summed E-state index contributed by atoms with van der Waals surface area (Å²) in [5.74, 6) is 0. The van der Waals surface area contributed by atoms with Gasteiger partial charge >= 0.3 is 6.79 Å². The molecule has 54 valence electrons. The molecule has 0 aromatic heterocycles. The van der Waals surface area contributed by atoms with Crippen molar-refractivity contribution in [1.82, 2.24) is 0 Å². The Labute approximate surface area is 56.8 Å². The lowest BCUT2D eigenvalue weighted by Crippen LogP contribution is -2.18. The second-order valence-corrected chi connectivity index (χ2v) is 2.80. The van der Waals surface area contributed by atoms with Crippen molar-refractivity contribution in [2.75, 3.05) is 34.2 Å². The molecule has 1 rings (SSSR count). The molecule has 1 heterocycles. The van der Waals surface area contributed by atoms with E-state index in [1.165, 1.54) is 12.8 Å². The summed E-state index contributed by atoms with van der Waals surface area (Å²) in [6.45, 7) is 3.30. The quantitative estimate of drug-likeness (QED) is 0.435. The van der Waals surface area contributed by atoms with Gasteiger partial charge in [0, 0.05) is 12.8 Å². The summed E-state index contributed by atoms with van der Waals surface area (Å²) in [4.78, 5) is 0. The molecule has 2 nitrogen and oxygen atoms in total. The van der Waals surface area contributed by atoms with Gasteiger partial charge in [-0.05, 0) is 0 Å². The van der Waals surface area contributed by atoms with Crippen LogP contribution < -0.4 is 0 Å². The lowest BCUT2D eigenvalue weighted by Gasteiger charge is -2.12. The van der Waals surface area contributed by atoms with Crippen LogP contribution in [-0.2, 0) is 8.73 Å². The van der Waals surface area contributed by atoms with Crippen molar-refractivity contribution in [2.45, 2.75) is 12.8 Å². The predicted molar refractivity (Wildman–Crippen MR) is 37.9 cm³/mol. The molecule has 0 amide bonds. The molecule has 0 radical (unpaired) electrons. The van der Waals surface area contributed by atoms with Gasteiger partial charge in [-0.15, -0.1) is 0 Å². The number of hydrogen-bond acceptors (Lipinski definition) is 0. The van der Waals surface area contributed by atoms with Crippen LogP contribution in [0.2, 0.25) is 0 Å². The average molecular weight is 132 g/mol. The van der Waals surface area contributed by atoms with Gasteiger partial charge < -0.3 is 8.73 Å². The van der Waals surface area contributed by atoms with Crippen molar-refractivity contribution < 1.29 is 8.73 Å². The van der Waals surface area contributed by atoms with E-state index >= 15 is 0 Å². The Morgan fingerprint density at radius 1 is 0.889 bits per heavy atom. The van der Waals surface area contributed by atoms with Crippen LogP contribution in [0.5, 0.6) is 0 Å². The average Bonchev–Trinajstić information content (AvgIpc) is 1.93. The minimum absolute atomic E-state index is 0.972. The fourth-order valence-electron chi connectivity index (χ4n) is 1.16. The highest BCUT2D eigenvalue weighted by molar-refractivity contribution is 4.45. The first kappa shape index (κ1) is 7.03. The Morgan fingerprint density at radius 3 is 1.78 bits per heavy atom. The van der Waals surface area contributed by atoms with Gasteiger partial charge in [-0.25, -0.2) is 0 Å². The third-order valence-corrected chi connectivity index (χ3v) is 1.64. The van der Waals surface area contributed by atoms with E-state index in [9.17, 15) is 0 Å². The molecule has 1 aliphatic rings. The van der Waals surface area contributed by atoms with E-state index in [0.29, 0.717) is 0 Å². The van der Waals surface area contributed by atoms with Crippen molar-refractivity contribution in [3.8, 4) is 0 Å². The Balaban J connectivity index is 2.29. The Hall–Kier alpha value is -0.0800. The van der Waals surface area contributed by atoms with E-state index in [-0.39, 0.29) is 0 Å². The van der Waals surface area contributed by atoms with Crippen LogP contribution in [0, 0.1) is 0 Å². The number of rotatable bonds is 0. The van der Waals surface area contributed by atoms with Crippen LogP contribution >= 0.6 is 0 Å². The van der Waals surface area contributed by atoms with Crippen molar-refractivity contribution in [2.24, 2.45) is 0 Å². The second kappa shape index (κ2) is 3.18. The minimum atomic E-state index is 0.972. The van der Waals surface area contributed by atoms with E-state index in [4.69, 9.17) is 0 Å². The van der Waals surface area contributed by atoms with Gasteiger partial charge in [-0.2, -0.15) is 0 Å². The highest BCUT2D eigenvalue weighted by Crippen LogP contribution is 2.08. The van der Waals surface area contributed by atoms with Gasteiger partial charge in [0.25, 0.3) is 0 Å². The van der Waals surface area contributed by atoms with Gasteiger partial charge in [0.05, 0.1) is 0 Å². The lowest BCUT2D eigenvalue weighted by molar-refractivity contribution is -0.269. The van der Waals surface area contributed by atoms with Crippen molar-refractivity contribution in [3.63, 3.8) is 0 Å². The Kier molecular flexibility index (Phi) is 2.49. The standard InChI is InChI=1S/C7H16O2/c1-8-5-3-4-6-9(2)7-8/h3-7H2,1-2H3/q+2. The zero-order valence-electron chi connectivity index (χ0n) is 6.35. The van der Waals surface area contributed by atoms with E-state index in [2.05, 4.69) is 23.0 Å². The maximum absolute atomic E-state index is 3.05. The first-order valence-corrected chi connectivity index (χ1v) is 3.47. The molecule has 0 aromatic rings. The van der Waals surface area contributed by atoms with Crippen LogP contribution in [0.1, 0.15) is 12.8 Å². The molecule has 0 aliphatic carbocycles. The molecule has 0 atom stereocenters. The van der Waals surface area contributed by atoms with Gasteiger partial charge in [0.1, 0.15) is 14.2 Å². The molecule has 0 saturated carbocycles. The predicted octanol–water partition coefficient (Wildman–Crippen LogP) is 1.10. The smallest absolute Gasteiger partial charge is 0.351 e.